The van der Waals surface area contributed by atoms with Crippen LogP contribution in [0.15, 0.2) is 53.1 Å². The monoisotopic (exact) mass is 414 g/mol. The molecule has 3 rings (SSSR count). The number of amides is 1. The lowest BCUT2D eigenvalue weighted by molar-refractivity contribution is -0.114. The minimum absolute atomic E-state index is 0.476. The second-order valence-corrected chi connectivity index (χ2v) is 6.95. The molecule has 8 heteroatoms. The van der Waals surface area contributed by atoms with Crippen molar-refractivity contribution in [3.05, 3.63) is 58.6 Å². The number of alkyl halides is 2. The van der Waals surface area contributed by atoms with Gasteiger partial charge in [-0.05, 0) is 24.3 Å². The van der Waals surface area contributed by atoms with Crippen LogP contribution in [0, 0.1) is 0 Å². The fourth-order valence-corrected chi connectivity index (χ4v) is 2.92. The van der Waals surface area contributed by atoms with Gasteiger partial charge in [0.15, 0.2) is 10.6 Å². The van der Waals surface area contributed by atoms with Gasteiger partial charge in [0.05, 0.1) is 10.0 Å². The zero-order chi connectivity index (χ0) is 18.0. The summed E-state index contributed by atoms with van der Waals surface area (Å²) in [5.41, 5.74) is 2.35. The van der Waals surface area contributed by atoms with Crippen molar-refractivity contribution in [3.63, 3.8) is 0 Å². The topological polar surface area (TPSA) is 55.1 Å². The van der Waals surface area contributed by atoms with E-state index in [-0.39, 0.29) is 0 Å². The smallest absolute Gasteiger partial charge is 0.257 e. The van der Waals surface area contributed by atoms with E-state index in [1.165, 1.54) is 0 Å². The predicted octanol–water partition coefficient (Wildman–Crippen LogP) is 6.06. The second-order valence-electron chi connectivity index (χ2n) is 5.04. The second kappa shape index (κ2) is 7.67. The van der Waals surface area contributed by atoms with E-state index in [0.717, 1.165) is 0 Å². The molecule has 0 aliphatic carbocycles. The highest BCUT2D eigenvalue weighted by Gasteiger charge is 2.16. The van der Waals surface area contributed by atoms with Crippen LogP contribution in [0.25, 0.3) is 22.6 Å². The summed E-state index contributed by atoms with van der Waals surface area (Å²) in [6.07, 6.45) is 0. The van der Waals surface area contributed by atoms with Gasteiger partial charge in [-0.2, -0.15) is 0 Å². The number of benzene rings is 2. The van der Waals surface area contributed by atoms with Crippen LogP contribution in [0.2, 0.25) is 10.0 Å². The van der Waals surface area contributed by atoms with Gasteiger partial charge in [0, 0.05) is 22.9 Å². The Kier molecular flexibility index (Phi) is 5.54. The number of carbonyl (C=O) groups is 1. The SMILES string of the molecule is O=C(Nc1cccc(-c2cc(-c3c(Cl)cccc3Cl)no2)c1)C(Cl)Cl. The minimum atomic E-state index is -1.15. The van der Waals surface area contributed by atoms with Crippen molar-refractivity contribution in [2.45, 2.75) is 4.84 Å². The summed E-state index contributed by atoms with van der Waals surface area (Å²) < 4.78 is 5.39. The summed E-state index contributed by atoms with van der Waals surface area (Å²) >= 11 is 23.5. The molecule has 1 heterocycles. The number of nitrogens with zero attached hydrogens (tertiary/aromatic N) is 1. The lowest BCUT2D eigenvalue weighted by atomic mass is 10.1. The average Bonchev–Trinajstić information content (AvgIpc) is 3.04. The maximum atomic E-state index is 11.6. The van der Waals surface area contributed by atoms with Crippen LogP contribution < -0.4 is 5.32 Å². The van der Waals surface area contributed by atoms with E-state index in [2.05, 4.69) is 10.5 Å². The maximum Gasteiger partial charge on any atom is 0.257 e. The molecule has 3 aromatic rings. The molecule has 0 unspecified atom stereocenters. The van der Waals surface area contributed by atoms with E-state index in [4.69, 9.17) is 50.9 Å². The summed E-state index contributed by atoms with van der Waals surface area (Å²) in [6, 6.07) is 13.9. The minimum Gasteiger partial charge on any atom is -0.356 e. The van der Waals surface area contributed by atoms with Gasteiger partial charge >= 0.3 is 0 Å². The Morgan fingerprint density at radius 1 is 1.04 bits per heavy atom. The van der Waals surface area contributed by atoms with Gasteiger partial charge in [-0.25, -0.2) is 0 Å². The molecule has 4 nitrogen and oxygen atoms in total. The first kappa shape index (κ1) is 18.1. The number of hydrogen-bond acceptors (Lipinski definition) is 3. The molecule has 0 radical (unpaired) electrons. The zero-order valence-corrected chi connectivity index (χ0v) is 15.5. The Morgan fingerprint density at radius 2 is 1.72 bits per heavy atom. The lowest BCUT2D eigenvalue weighted by Gasteiger charge is -2.06. The molecule has 0 aliphatic heterocycles. The molecule has 0 fully saturated rings. The molecule has 1 aromatic heterocycles. The largest absolute Gasteiger partial charge is 0.356 e. The first-order valence-corrected chi connectivity index (χ1v) is 8.69. The van der Waals surface area contributed by atoms with E-state index in [1.807, 2.05) is 6.07 Å². The van der Waals surface area contributed by atoms with E-state index in [1.54, 1.807) is 42.5 Å². The summed E-state index contributed by atoms with van der Waals surface area (Å²) in [6.45, 7) is 0. The van der Waals surface area contributed by atoms with Gasteiger partial charge in [0.1, 0.15) is 5.69 Å². The van der Waals surface area contributed by atoms with Crippen molar-refractivity contribution in [1.82, 2.24) is 5.16 Å². The van der Waals surface area contributed by atoms with Gasteiger partial charge in [0.25, 0.3) is 5.91 Å². The number of nitrogens with one attached hydrogen (secondary N) is 1. The number of carbonyl (C=O) groups excluding carboxylic acids is 1. The number of aromatic nitrogens is 1. The Hall–Kier alpha value is -1.72. The first-order chi connectivity index (χ1) is 12.0. The number of rotatable bonds is 4. The van der Waals surface area contributed by atoms with Gasteiger partial charge in [-0.3, -0.25) is 4.79 Å². The van der Waals surface area contributed by atoms with Crippen LogP contribution in [0.3, 0.4) is 0 Å². The van der Waals surface area contributed by atoms with E-state index >= 15 is 0 Å². The van der Waals surface area contributed by atoms with Crippen molar-refractivity contribution in [2.24, 2.45) is 0 Å². The molecule has 0 atom stereocenters. The molecule has 128 valence electrons. The van der Waals surface area contributed by atoms with E-state index < -0.39 is 10.7 Å². The molecule has 0 bridgehead atoms. The number of anilines is 1. The van der Waals surface area contributed by atoms with Gasteiger partial charge < -0.3 is 9.84 Å². The normalized spacial score (nSPS) is 10.9. The third kappa shape index (κ3) is 4.10. The highest BCUT2D eigenvalue weighted by molar-refractivity contribution is 6.54. The average molecular weight is 416 g/mol. The van der Waals surface area contributed by atoms with Crippen LogP contribution in [-0.2, 0) is 4.79 Å². The Labute approximate surface area is 163 Å². The first-order valence-electron chi connectivity index (χ1n) is 7.06. The molecule has 25 heavy (non-hydrogen) atoms. The fraction of sp³-hybridized carbons (Fsp3) is 0.0588. The van der Waals surface area contributed by atoms with Crippen LogP contribution in [0.1, 0.15) is 0 Å². The van der Waals surface area contributed by atoms with Crippen molar-refractivity contribution in [1.29, 1.82) is 0 Å². The van der Waals surface area contributed by atoms with Crippen molar-refractivity contribution >= 4 is 58.0 Å². The lowest BCUT2D eigenvalue weighted by Crippen LogP contribution is -2.18. The molecule has 0 aliphatic rings. The summed E-state index contributed by atoms with van der Waals surface area (Å²) in [7, 11) is 0. The summed E-state index contributed by atoms with van der Waals surface area (Å²) in [5.74, 6) is -0.0167. The Balaban J connectivity index is 1.92. The molecule has 0 saturated carbocycles. The van der Waals surface area contributed by atoms with E-state index in [9.17, 15) is 4.79 Å². The maximum absolute atomic E-state index is 11.6. The zero-order valence-electron chi connectivity index (χ0n) is 12.5. The van der Waals surface area contributed by atoms with Crippen LogP contribution >= 0.6 is 46.4 Å². The van der Waals surface area contributed by atoms with Gasteiger partial charge in [-0.15, -0.1) is 0 Å². The van der Waals surface area contributed by atoms with Crippen molar-refractivity contribution < 1.29 is 9.32 Å². The third-order valence-electron chi connectivity index (χ3n) is 3.34. The fourth-order valence-electron chi connectivity index (χ4n) is 2.22. The Morgan fingerprint density at radius 3 is 2.40 bits per heavy atom. The number of hydrogen-bond donors (Lipinski definition) is 1. The molecule has 2 aromatic carbocycles. The van der Waals surface area contributed by atoms with Crippen LogP contribution in [0.5, 0.6) is 0 Å². The van der Waals surface area contributed by atoms with Gasteiger partial charge in [-0.1, -0.05) is 69.8 Å². The quantitative estimate of drug-likeness (QED) is 0.527. The van der Waals surface area contributed by atoms with Crippen LogP contribution in [0.4, 0.5) is 5.69 Å². The molecule has 0 spiro atoms. The van der Waals surface area contributed by atoms with E-state index in [0.29, 0.717) is 38.3 Å². The summed E-state index contributed by atoms with van der Waals surface area (Å²) in [5, 5.41) is 7.58. The summed E-state index contributed by atoms with van der Waals surface area (Å²) in [4.78, 5) is 10.4. The molecular weight excluding hydrogens is 406 g/mol. The molecule has 0 saturated heterocycles. The Bertz CT molecular complexity index is 904. The molecule has 1 amide bonds. The van der Waals surface area contributed by atoms with Gasteiger partial charge in [0.2, 0.25) is 0 Å². The van der Waals surface area contributed by atoms with Crippen molar-refractivity contribution in [2.75, 3.05) is 5.32 Å². The highest BCUT2D eigenvalue weighted by atomic mass is 35.5. The standard InChI is InChI=1S/C17H10Cl4N2O2/c18-11-5-2-6-12(19)15(11)13-8-14(25-23-13)9-3-1-4-10(7-9)22-17(24)16(20)21/h1-8,16H,(H,22,24). The number of halogens is 4. The van der Waals surface area contributed by atoms with Crippen molar-refractivity contribution in [3.8, 4) is 22.6 Å². The third-order valence-corrected chi connectivity index (χ3v) is 4.37. The highest BCUT2D eigenvalue weighted by Crippen LogP contribution is 2.36. The predicted molar refractivity (Wildman–Crippen MR) is 102 cm³/mol. The molecular formula is C17H10Cl4N2O2. The van der Waals surface area contributed by atoms with Crippen LogP contribution in [-0.4, -0.2) is 15.9 Å². The molecule has 1 N–H and O–H groups in total.